The number of alkyl halides is 4. The number of aromatic nitrogens is 3. The molecule has 2 aromatic heterocycles. The zero-order valence-corrected chi connectivity index (χ0v) is 16.8. The molecule has 0 bridgehead atoms. The average molecular weight is 462 g/mol. The Morgan fingerprint density at radius 3 is 2.70 bits per heavy atom. The van der Waals surface area contributed by atoms with Crippen LogP contribution >= 0.6 is 0 Å². The Morgan fingerprint density at radius 1 is 1.21 bits per heavy atom. The lowest BCUT2D eigenvalue weighted by atomic mass is 9.83. The summed E-state index contributed by atoms with van der Waals surface area (Å²) in [6.45, 7) is 5.66. The van der Waals surface area contributed by atoms with Gasteiger partial charge in [0.2, 0.25) is 5.69 Å². The van der Waals surface area contributed by atoms with E-state index in [9.17, 15) is 22.0 Å². The van der Waals surface area contributed by atoms with Crippen molar-refractivity contribution in [3.8, 4) is 0 Å². The predicted molar refractivity (Wildman–Crippen MR) is 108 cm³/mol. The fourth-order valence-corrected chi connectivity index (χ4v) is 3.69. The van der Waals surface area contributed by atoms with Gasteiger partial charge in [-0.25, -0.2) is 28.6 Å². The fourth-order valence-electron chi connectivity index (χ4n) is 3.69. The van der Waals surface area contributed by atoms with Crippen molar-refractivity contribution in [3.05, 3.63) is 70.8 Å². The Hall–Kier alpha value is -3.88. The normalized spacial score (nSPS) is 20.7. The summed E-state index contributed by atoms with van der Waals surface area (Å²) in [4.78, 5) is 19.5. The smallest absolute Gasteiger partial charge is 0.425 e. The van der Waals surface area contributed by atoms with Crippen molar-refractivity contribution < 1.29 is 26.7 Å². The number of rotatable bonds is 4. The molecule has 0 fully saturated rings. The molecule has 2 atom stereocenters. The minimum absolute atomic E-state index is 0.0947. The maximum atomic E-state index is 14.7. The molecule has 0 saturated heterocycles. The summed E-state index contributed by atoms with van der Waals surface area (Å²) in [5, 5.41) is 0. The molecule has 1 aliphatic heterocycles. The number of halogens is 5. The molecule has 4 rings (SSSR count). The van der Waals surface area contributed by atoms with Gasteiger partial charge in [-0.05, 0) is 23.8 Å². The highest BCUT2D eigenvalue weighted by atomic mass is 19.4. The number of hydrogen-bond acceptors (Lipinski definition) is 6. The topological polar surface area (TPSA) is 90.6 Å². The first-order valence-electron chi connectivity index (χ1n) is 9.56. The molecule has 0 amide bonds. The van der Waals surface area contributed by atoms with E-state index in [2.05, 4.69) is 29.5 Å². The van der Waals surface area contributed by atoms with Crippen molar-refractivity contribution >= 4 is 22.7 Å². The molecule has 33 heavy (non-hydrogen) atoms. The Balaban J connectivity index is 1.75. The van der Waals surface area contributed by atoms with Crippen molar-refractivity contribution in [2.75, 3.05) is 6.67 Å². The van der Waals surface area contributed by atoms with Crippen LogP contribution < -0.4 is 5.73 Å². The third-order valence-corrected chi connectivity index (χ3v) is 5.27. The van der Waals surface area contributed by atoms with Crippen molar-refractivity contribution in [1.82, 2.24) is 15.0 Å². The number of ether oxygens (including phenoxy) is 1. The van der Waals surface area contributed by atoms with Gasteiger partial charge in [-0.2, -0.15) is 13.2 Å². The number of fused-ring (bicyclic) bond motifs is 1. The van der Waals surface area contributed by atoms with Gasteiger partial charge in [-0.15, -0.1) is 0 Å². The van der Waals surface area contributed by atoms with Crippen LogP contribution in [-0.2, 0) is 16.7 Å². The maximum Gasteiger partial charge on any atom is 0.425 e. The number of amidine groups is 1. The molecule has 7 nitrogen and oxygen atoms in total. The Labute approximate surface area is 184 Å². The van der Waals surface area contributed by atoms with Crippen LogP contribution in [0.3, 0.4) is 0 Å². The highest BCUT2D eigenvalue weighted by Gasteiger charge is 2.52. The van der Waals surface area contributed by atoms with Crippen molar-refractivity contribution in [2.24, 2.45) is 10.7 Å². The maximum absolute atomic E-state index is 14.7. The minimum atomic E-state index is -4.84. The van der Waals surface area contributed by atoms with E-state index in [1.165, 1.54) is 30.7 Å². The average Bonchev–Trinajstić information content (AvgIpc) is 2.79. The lowest BCUT2D eigenvalue weighted by Crippen LogP contribution is -2.48. The van der Waals surface area contributed by atoms with E-state index in [4.69, 9.17) is 12.3 Å². The zero-order valence-electron chi connectivity index (χ0n) is 16.8. The molecule has 1 aromatic carbocycles. The lowest BCUT2D eigenvalue weighted by molar-refractivity contribution is -0.209. The molecule has 0 unspecified atom stereocenters. The van der Waals surface area contributed by atoms with Crippen molar-refractivity contribution in [3.63, 3.8) is 0 Å². The standard InChI is InChI=1S/C21H15F5N6O/c1-28-12-6-16-18(29-8-12)15(30-10-31-16)5-11-2-3-14(23)13(4-11)20(9-22)7-17(21(24,25)26)33-19(27)32-20/h2-4,6,8,10,17H,5,7,9H2,(H2,27,32)/t17-,20+/m0/s1. The first kappa shape index (κ1) is 22.3. The quantitative estimate of drug-likeness (QED) is 0.465. The molecular formula is C21H15F5N6O. The molecule has 170 valence electrons. The van der Waals surface area contributed by atoms with E-state index in [1.807, 2.05) is 0 Å². The molecule has 0 spiro atoms. The van der Waals surface area contributed by atoms with E-state index >= 15 is 0 Å². The molecule has 3 aromatic rings. The summed E-state index contributed by atoms with van der Waals surface area (Å²) < 4.78 is 73.3. The number of aliphatic imine (C=N–C) groups is 1. The van der Waals surface area contributed by atoms with Crippen molar-refractivity contribution in [2.45, 2.75) is 30.7 Å². The fraction of sp³-hybridized carbons (Fsp3) is 0.286. The van der Waals surface area contributed by atoms with Gasteiger partial charge in [-0.3, -0.25) is 4.98 Å². The van der Waals surface area contributed by atoms with Gasteiger partial charge < -0.3 is 10.5 Å². The SMILES string of the molecule is [C-]#[N+]c1cnc2c(Cc3ccc(F)c([C@]4(CF)C[C@@H](C(F)(F)F)OC(N)=N4)c3)ncnc2c1. The highest BCUT2D eigenvalue weighted by Crippen LogP contribution is 2.41. The highest BCUT2D eigenvalue weighted by molar-refractivity contribution is 5.79. The molecule has 0 saturated carbocycles. The number of benzene rings is 1. The minimum Gasteiger partial charge on any atom is -0.452 e. The Morgan fingerprint density at radius 2 is 2.00 bits per heavy atom. The van der Waals surface area contributed by atoms with E-state index in [0.717, 1.165) is 6.07 Å². The van der Waals surface area contributed by atoms with Crippen LogP contribution in [0.15, 0.2) is 41.8 Å². The van der Waals surface area contributed by atoms with Gasteiger partial charge >= 0.3 is 6.18 Å². The second-order valence-electron chi connectivity index (χ2n) is 7.45. The van der Waals surface area contributed by atoms with E-state index < -0.39 is 42.8 Å². The number of pyridine rings is 1. The molecule has 12 heteroatoms. The molecule has 0 aliphatic carbocycles. The largest absolute Gasteiger partial charge is 0.452 e. The van der Waals surface area contributed by atoms with Crippen LogP contribution in [-0.4, -0.2) is 39.9 Å². The van der Waals surface area contributed by atoms with Gasteiger partial charge in [0.25, 0.3) is 6.02 Å². The van der Waals surface area contributed by atoms with Crippen LogP contribution in [0.2, 0.25) is 0 Å². The molecule has 1 aliphatic rings. The van der Waals surface area contributed by atoms with Crippen LogP contribution in [0.5, 0.6) is 0 Å². The molecule has 0 radical (unpaired) electrons. The number of hydrogen-bond donors (Lipinski definition) is 1. The Kier molecular flexibility index (Phi) is 5.57. The van der Waals surface area contributed by atoms with Crippen LogP contribution in [0.1, 0.15) is 23.2 Å². The van der Waals surface area contributed by atoms with Gasteiger partial charge in [0.15, 0.2) is 6.10 Å². The van der Waals surface area contributed by atoms with Gasteiger partial charge in [-0.1, -0.05) is 6.07 Å². The monoisotopic (exact) mass is 462 g/mol. The van der Waals surface area contributed by atoms with Crippen LogP contribution in [0.4, 0.5) is 27.6 Å². The van der Waals surface area contributed by atoms with E-state index in [-0.39, 0.29) is 17.7 Å². The summed E-state index contributed by atoms with van der Waals surface area (Å²) in [7, 11) is 0. The molecular weight excluding hydrogens is 447 g/mol. The summed E-state index contributed by atoms with van der Waals surface area (Å²) in [5.41, 5.74) is 4.81. The first-order chi connectivity index (χ1) is 15.6. The van der Waals surface area contributed by atoms with Gasteiger partial charge in [0.1, 0.15) is 29.9 Å². The second-order valence-corrected chi connectivity index (χ2v) is 7.45. The summed E-state index contributed by atoms with van der Waals surface area (Å²) in [6, 6.07) is 4.34. The summed E-state index contributed by atoms with van der Waals surface area (Å²) >= 11 is 0. The lowest BCUT2D eigenvalue weighted by Gasteiger charge is -2.36. The predicted octanol–water partition coefficient (Wildman–Crippen LogP) is 4.14. The van der Waals surface area contributed by atoms with E-state index in [0.29, 0.717) is 22.3 Å². The van der Waals surface area contributed by atoms with Gasteiger partial charge in [0.05, 0.1) is 17.8 Å². The van der Waals surface area contributed by atoms with E-state index in [1.54, 1.807) is 0 Å². The van der Waals surface area contributed by atoms with Crippen molar-refractivity contribution in [1.29, 1.82) is 0 Å². The van der Waals surface area contributed by atoms with Crippen LogP contribution in [0.25, 0.3) is 15.9 Å². The third kappa shape index (κ3) is 4.26. The second kappa shape index (κ2) is 8.23. The summed E-state index contributed by atoms with van der Waals surface area (Å²) in [5.74, 6) is -0.928. The summed E-state index contributed by atoms with van der Waals surface area (Å²) in [6.07, 6.45) is -5.51. The molecule has 3 heterocycles. The first-order valence-corrected chi connectivity index (χ1v) is 9.56. The number of nitrogens with zero attached hydrogens (tertiary/aromatic N) is 5. The van der Waals surface area contributed by atoms with Gasteiger partial charge in [0, 0.05) is 24.6 Å². The Bertz CT molecular complexity index is 1290. The molecule has 2 N–H and O–H groups in total. The zero-order chi connectivity index (χ0) is 23.8. The van der Waals surface area contributed by atoms with Crippen LogP contribution in [0, 0.1) is 12.4 Å². The third-order valence-electron chi connectivity index (χ3n) is 5.27. The number of nitrogens with two attached hydrogens (primary N) is 1.